The van der Waals surface area contributed by atoms with Crippen LogP contribution >= 0.6 is 0 Å². The van der Waals surface area contributed by atoms with Crippen LogP contribution < -0.4 is 14.4 Å². The van der Waals surface area contributed by atoms with Gasteiger partial charge in [0.15, 0.2) is 17.6 Å². The first-order valence-corrected chi connectivity index (χ1v) is 12.0. The molecule has 190 valence electrons. The van der Waals surface area contributed by atoms with Crippen LogP contribution in [-0.4, -0.2) is 89.3 Å². The Balaban J connectivity index is 1.56. The molecule has 1 aromatic heterocycles. The van der Waals surface area contributed by atoms with Gasteiger partial charge in [0.1, 0.15) is 11.9 Å². The molecule has 2 aliphatic rings. The lowest BCUT2D eigenvalue weighted by Gasteiger charge is -2.34. The molecule has 2 unspecified atom stereocenters. The summed E-state index contributed by atoms with van der Waals surface area (Å²) in [5.74, 6) is 1.43. The van der Waals surface area contributed by atoms with E-state index in [1.807, 2.05) is 43.3 Å². The summed E-state index contributed by atoms with van der Waals surface area (Å²) in [5.41, 5.74) is 0.275. The van der Waals surface area contributed by atoms with Gasteiger partial charge in [-0.05, 0) is 36.8 Å². The van der Waals surface area contributed by atoms with Crippen LogP contribution in [0.15, 0.2) is 42.6 Å². The summed E-state index contributed by atoms with van der Waals surface area (Å²) in [7, 11) is 1.60. The van der Waals surface area contributed by atoms with Crippen molar-refractivity contribution in [1.82, 2.24) is 9.88 Å². The maximum atomic E-state index is 12.6. The number of aromatic nitrogens is 1. The molecule has 2 aliphatic heterocycles. The number of pyridine rings is 1. The van der Waals surface area contributed by atoms with Gasteiger partial charge in [-0.3, -0.25) is 4.79 Å². The molecular weight excluding hydrogens is 450 g/mol. The first-order chi connectivity index (χ1) is 16.8. The van der Waals surface area contributed by atoms with E-state index < -0.39 is 30.1 Å². The molecule has 0 radical (unpaired) electrons. The molecule has 4 rings (SSSR count). The standard InChI is InChI=1S/C26H35N3O6/c1-17(31)26(2)16-29(25(33)21(32)15-30)14-20(26)18-7-8-22(34-3)23(12-18)35-19-9-11-28(13-19)24-6-4-5-10-27-24/h4-8,10,12,17,19-21,30-32H,9,11,13-16H2,1-3H3/t17?,19-,20+,21?,26+/m1/s1. The average molecular weight is 486 g/mol. The SMILES string of the molecule is COc1ccc([C@@H]2CN(C(=O)C(O)CO)C[C@@]2(C)C(C)O)cc1O[C@@H]1CCN(c2ccccn2)C1. The summed E-state index contributed by atoms with van der Waals surface area (Å²) in [6.45, 7) is 5.16. The van der Waals surface area contributed by atoms with Crippen LogP contribution in [0.3, 0.4) is 0 Å². The van der Waals surface area contributed by atoms with Gasteiger partial charge >= 0.3 is 0 Å². The molecule has 35 heavy (non-hydrogen) atoms. The number of hydrogen-bond donors (Lipinski definition) is 3. The van der Waals surface area contributed by atoms with Crippen LogP contribution in [0, 0.1) is 5.41 Å². The molecule has 1 aromatic carbocycles. The maximum absolute atomic E-state index is 12.6. The molecule has 1 amide bonds. The van der Waals surface area contributed by atoms with Crippen molar-refractivity contribution in [3.63, 3.8) is 0 Å². The average Bonchev–Trinajstić information content (AvgIpc) is 3.49. The van der Waals surface area contributed by atoms with Crippen LogP contribution in [-0.2, 0) is 4.79 Å². The van der Waals surface area contributed by atoms with E-state index in [4.69, 9.17) is 9.47 Å². The van der Waals surface area contributed by atoms with E-state index in [2.05, 4.69) is 9.88 Å². The number of rotatable bonds is 8. The van der Waals surface area contributed by atoms with E-state index >= 15 is 0 Å². The van der Waals surface area contributed by atoms with Gasteiger partial charge in [-0.1, -0.05) is 19.1 Å². The number of benzene rings is 1. The number of nitrogens with zero attached hydrogens (tertiary/aromatic N) is 3. The van der Waals surface area contributed by atoms with Gasteiger partial charge in [0.25, 0.3) is 5.91 Å². The number of aliphatic hydroxyl groups excluding tert-OH is 3. The summed E-state index contributed by atoms with van der Waals surface area (Å²) >= 11 is 0. The zero-order chi connectivity index (χ0) is 25.2. The molecule has 2 saturated heterocycles. The zero-order valence-electron chi connectivity index (χ0n) is 20.5. The quantitative estimate of drug-likeness (QED) is 0.514. The van der Waals surface area contributed by atoms with Crippen LogP contribution in [0.25, 0.3) is 0 Å². The predicted octanol–water partition coefficient (Wildman–Crippen LogP) is 1.41. The van der Waals surface area contributed by atoms with Crippen LogP contribution in [0.4, 0.5) is 5.82 Å². The second-order valence-corrected chi connectivity index (χ2v) is 9.72. The van der Waals surface area contributed by atoms with E-state index in [1.165, 1.54) is 4.90 Å². The summed E-state index contributed by atoms with van der Waals surface area (Å²) in [5, 5.41) is 29.8. The number of methoxy groups -OCH3 is 1. The minimum Gasteiger partial charge on any atom is -0.493 e. The molecule has 9 heteroatoms. The summed E-state index contributed by atoms with van der Waals surface area (Å²) in [6.07, 6.45) is 0.423. The van der Waals surface area contributed by atoms with Crippen LogP contribution in [0.1, 0.15) is 31.7 Å². The number of hydrogen-bond acceptors (Lipinski definition) is 8. The Kier molecular flexibility index (Phi) is 7.49. The summed E-state index contributed by atoms with van der Waals surface area (Å²) in [6, 6.07) is 11.6. The van der Waals surface area contributed by atoms with Gasteiger partial charge in [0.2, 0.25) is 0 Å². The minimum absolute atomic E-state index is 0.0364. The molecule has 9 nitrogen and oxygen atoms in total. The number of carbonyl (C=O) groups is 1. The van der Waals surface area contributed by atoms with Crippen molar-refractivity contribution in [2.24, 2.45) is 5.41 Å². The maximum Gasteiger partial charge on any atom is 0.253 e. The monoisotopic (exact) mass is 485 g/mol. The van der Waals surface area contributed by atoms with Crippen LogP contribution in [0.5, 0.6) is 11.5 Å². The molecule has 3 N–H and O–H groups in total. The number of aliphatic hydroxyl groups is 3. The lowest BCUT2D eigenvalue weighted by atomic mass is 9.72. The van der Waals surface area contributed by atoms with Crippen molar-refractivity contribution in [1.29, 1.82) is 0 Å². The number of carbonyl (C=O) groups excluding carboxylic acids is 1. The third-order valence-corrected chi connectivity index (χ3v) is 7.46. The van der Waals surface area contributed by atoms with E-state index in [1.54, 1.807) is 20.2 Å². The van der Waals surface area contributed by atoms with Gasteiger partial charge in [-0.25, -0.2) is 4.98 Å². The third-order valence-electron chi connectivity index (χ3n) is 7.46. The molecular formula is C26H35N3O6. The topological polar surface area (TPSA) is 116 Å². The molecule has 0 aliphatic carbocycles. The Bertz CT molecular complexity index is 1020. The highest BCUT2D eigenvalue weighted by Crippen LogP contribution is 2.47. The number of likely N-dealkylation sites (tertiary alicyclic amines) is 1. The highest BCUT2D eigenvalue weighted by Gasteiger charge is 2.49. The lowest BCUT2D eigenvalue weighted by molar-refractivity contribution is -0.141. The smallest absolute Gasteiger partial charge is 0.253 e. The molecule has 5 atom stereocenters. The number of anilines is 1. The molecule has 0 spiro atoms. The van der Waals surface area contributed by atoms with E-state index in [9.17, 15) is 20.1 Å². The summed E-state index contributed by atoms with van der Waals surface area (Å²) < 4.78 is 12.0. The third kappa shape index (κ3) is 5.07. The molecule has 2 aromatic rings. The van der Waals surface area contributed by atoms with Gasteiger partial charge < -0.3 is 34.6 Å². The highest BCUT2D eigenvalue weighted by atomic mass is 16.5. The number of ether oxygens (including phenoxy) is 2. The van der Waals surface area contributed by atoms with Crippen molar-refractivity contribution >= 4 is 11.7 Å². The second-order valence-electron chi connectivity index (χ2n) is 9.72. The van der Waals surface area contributed by atoms with Gasteiger partial charge in [-0.15, -0.1) is 0 Å². The number of amides is 1. The fourth-order valence-corrected chi connectivity index (χ4v) is 5.14. The second kappa shape index (κ2) is 10.4. The van der Waals surface area contributed by atoms with E-state index in [-0.39, 0.29) is 18.6 Å². The van der Waals surface area contributed by atoms with Crippen molar-refractivity contribution in [3.8, 4) is 11.5 Å². The first kappa shape index (κ1) is 25.2. The largest absolute Gasteiger partial charge is 0.493 e. The molecule has 0 bridgehead atoms. The Morgan fingerprint density at radius 1 is 1.23 bits per heavy atom. The first-order valence-electron chi connectivity index (χ1n) is 12.0. The van der Waals surface area contributed by atoms with Crippen molar-refractivity contribution in [2.75, 3.05) is 44.8 Å². The van der Waals surface area contributed by atoms with Crippen LogP contribution in [0.2, 0.25) is 0 Å². The van der Waals surface area contributed by atoms with Gasteiger partial charge in [0.05, 0.1) is 26.4 Å². The Morgan fingerprint density at radius 3 is 2.69 bits per heavy atom. The predicted molar refractivity (Wildman–Crippen MR) is 131 cm³/mol. The Morgan fingerprint density at radius 2 is 2.03 bits per heavy atom. The van der Waals surface area contributed by atoms with Crippen molar-refractivity contribution in [2.45, 2.75) is 44.5 Å². The molecule has 0 saturated carbocycles. The summed E-state index contributed by atoms with van der Waals surface area (Å²) in [4.78, 5) is 20.7. The van der Waals surface area contributed by atoms with E-state index in [0.29, 0.717) is 24.6 Å². The zero-order valence-corrected chi connectivity index (χ0v) is 20.5. The van der Waals surface area contributed by atoms with Crippen molar-refractivity contribution in [3.05, 3.63) is 48.2 Å². The highest BCUT2D eigenvalue weighted by molar-refractivity contribution is 5.81. The fraction of sp³-hybridized carbons (Fsp3) is 0.538. The van der Waals surface area contributed by atoms with Gasteiger partial charge in [0, 0.05) is 43.6 Å². The molecule has 2 fully saturated rings. The van der Waals surface area contributed by atoms with Gasteiger partial charge in [-0.2, -0.15) is 0 Å². The fourth-order valence-electron chi connectivity index (χ4n) is 5.14. The normalized spacial score (nSPS) is 26.0. The minimum atomic E-state index is -1.47. The Hall–Kier alpha value is -2.88. The Labute approximate surface area is 205 Å². The van der Waals surface area contributed by atoms with Crippen molar-refractivity contribution < 1.29 is 29.6 Å². The lowest BCUT2D eigenvalue weighted by Crippen LogP contribution is -2.42. The van der Waals surface area contributed by atoms with E-state index in [0.717, 1.165) is 24.3 Å². The molecule has 3 heterocycles.